The molecule has 0 bridgehead atoms. The van der Waals surface area contributed by atoms with Crippen molar-refractivity contribution in [2.45, 2.75) is 20.8 Å². The fourth-order valence-corrected chi connectivity index (χ4v) is 0.580. The van der Waals surface area contributed by atoms with Crippen LogP contribution in [-0.4, -0.2) is 5.16 Å². The van der Waals surface area contributed by atoms with Gasteiger partial charge in [-0.2, -0.15) is 4.99 Å². The molecule has 0 saturated carbocycles. The van der Waals surface area contributed by atoms with E-state index in [2.05, 4.69) is 29.0 Å². The third-order valence-electron chi connectivity index (χ3n) is 0.801. The molecule has 0 N–H and O–H groups in total. The van der Waals surface area contributed by atoms with Gasteiger partial charge in [0.15, 0.2) is 0 Å². The quantitative estimate of drug-likeness (QED) is 0.367. The van der Waals surface area contributed by atoms with Crippen molar-refractivity contribution in [2.24, 2.45) is 4.99 Å². The fraction of sp³-hybridized carbons (Fsp3) is 0.300. The maximum atomic E-state index is 4.43. The topological polar surface area (TPSA) is 12.4 Å². The van der Waals surface area contributed by atoms with Crippen LogP contribution in [0.5, 0.6) is 0 Å². The third-order valence-corrected chi connectivity index (χ3v) is 0.892. The summed E-state index contributed by atoms with van der Waals surface area (Å²) in [7, 11) is 0. The molecule has 12 heavy (non-hydrogen) atoms. The minimum absolute atomic E-state index is 0.771. The highest BCUT2D eigenvalue weighted by Gasteiger charge is 1.79. The van der Waals surface area contributed by atoms with Crippen molar-refractivity contribution in [1.29, 1.82) is 0 Å². The van der Waals surface area contributed by atoms with Crippen molar-refractivity contribution in [1.82, 2.24) is 0 Å². The molecule has 0 atom stereocenters. The van der Waals surface area contributed by atoms with Crippen molar-refractivity contribution in [3.05, 3.63) is 36.6 Å². The van der Waals surface area contributed by atoms with Gasteiger partial charge in [-0.25, -0.2) is 0 Å². The van der Waals surface area contributed by atoms with E-state index in [1.807, 2.05) is 32.9 Å². The first-order valence-electron chi connectivity index (χ1n) is 3.88. The van der Waals surface area contributed by atoms with Crippen LogP contribution in [0.4, 0.5) is 0 Å². The number of thiocarbonyl (C=S) groups is 1. The van der Waals surface area contributed by atoms with Crippen LogP contribution >= 0.6 is 12.2 Å². The Morgan fingerprint density at radius 2 is 2.08 bits per heavy atom. The molecule has 0 aliphatic rings. The molecular formula is C10H15NS. The summed E-state index contributed by atoms with van der Waals surface area (Å²) in [5, 5.41) is 2.28. The highest BCUT2D eigenvalue weighted by atomic mass is 32.1. The molecule has 0 fully saturated rings. The summed E-state index contributed by atoms with van der Waals surface area (Å²) in [5.74, 6) is 0. The molecule has 1 nitrogen and oxygen atoms in total. The second-order valence-electron chi connectivity index (χ2n) is 1.53. The lowest BCUT2D eigenvalue weighted by molar-refractivity contribution is 1.43. The maximum absolute atomic E-state index is 4.43. The van der Waals surface area contributed by atoms with Crippen LogP contribution in [0.3, 0.4) is 0 Å². The SMILES string of the molecule is C=C/C=C(\C=C/C)N=C=S.CC. The second kappa shape index (κ2) is 12.7. The number of hydrogen-bond donors (Lipinski definition) is 0. The molecule has 0 rings (SSSR count). The van der Waals surface area contributed by atoms with Crippen LogP contribution in [-0.2, 0) is 0 Å². The standard InChI is InChI=1S/C8H9NS.C2H6/c1-3-5-8(6-4-2)9-7-10;1-2/h3-6H,1H2,2H3;1-2H3/b6-4-,8-5+;. The van der Waals surface area contributed by atoms with Gasteiger partial charge in [0.2, 0.25) is 0 Å². The fourth-order valence-electron chi connectivity index (χ4n) is 0.474. The average molecular weight is 181 g/mol. The van der Waals surface area contributed by atoms with E-state index in [1.165, 1.54) is 0 Å². The van der Waals surface area contributed by atoms with Crippen molar-refractivity contribution in [3.8, 4) is 0 Å². The van der Waals surface area contributed by atoms with Gasteiger partial charge in [-0.05, 0) is 31.3 Å². The van der Waals surface area contributed by atoms with Crippen LogP contribution in [0.2, 0.25) is 0 Å². The minimum atomic E-state index is 0.771. The van der Waals surface area contributed by atoms with Crippen LogP contribution < -0.4 is 0 Å². The summed E-state index contributed by atoms with van der Waals surface area (Å²) in [6, 6.07) is 0. The Kier molecular flexibility index (Phi) is 14.4. The van der Waals surface area contributed by atoms with Gasteiger partial charge in [0, 0.05) is 0 Å². The Bertz CT molecular complexity index is 208. The Balaban J connectivity index is 0. The number of hydrogen-bond acceptors (Lipinski definition) is 2. The molecule has 0 heterocycles. The zero-order valence-corrected chi connectivity index (χ0v) is 8.69. The highest BCUT2D eigenvalue weighted by molar-refractivity contribution is 7.78. The number of aliphatic imine (C=N–C) groups is 1. The van der Waals surface area contributed by atoms with Gasteiger partial charge in [0.25, 0.3) is 0 Å². The first-order valence-corrected chi connectivity index (χ1v) is 4.29. The summed E-state index contributed by atoms with van der Waals surface area (Å²) in [6.45, 7) is 9.45. The Labute approximate surface area is 80.2 Å². The molecule has 66 valence electrons. The zero-order chi connectivity index (χ0) is 9.82. The van der Waals surface area contributed by atoms with Gasteiger partial charge in [0.1, 0.15) is 0 Å². The molecule has 0 radical (unpaired) electrons. The predicted octanol–water partition coefficient (Wildman–Crippen LogP) is 3.76. The van der Waals surface area contributed by atoms with Crippen LogP contribution in [0.1, 0.15) is 20.8 Å². The van der Waals surface area contributed by atoms with Gasteiger partial charge >= 0.3 is 0 Å². The van der Waals surface area contributed by atoms with E-state index in [-0.39, 0.29) is 0 Å². The van der Waals surface area contributed by atoms with Crippen molar-refractivity contribution >= 4 is 17.4 Å². The van der Waals surface area contributed by atoms with E-state index in [9.17, 15) is 0 Å². The highest BCUT2D eigenvalue weighted by Crippen LogP contribution is 1.97. The molecule has 0 spiro atoms. The molecule has 0 aromatic heterocycles. The molecule has 0 aromatic carbocycles. The van der Waals surface area contributed by atoms with E-state index in [0.29, 0.717) is 0 Å². The van der Waals surface area contributed by atoms with E-state index in [4.69, 9.17) is 0 Å². The van der Waals surface area contributed by atoms with Gasteiger partial charge in [-0.1, -0.05) is 32.6 Å². The number of isothiocyanates is 1. The molecule has 0 aromatic rings. The first-order chi connectivity index (χ1) is 5.85. The number of rotatable bonds is 3. The lowest BCUT2D eigenvalue weighted by Gasteiger charge is -1.84. The molecular weight excluding hydrogens is 166 g/mol. The second-order valence-corrected chi connectivity index (χ2v) is 1.71. The van der Waals surface area contributed by atoms with E-state index >= 15 is 0 Å². The van der Waals surface area contributed by atoms with Crippen LogP contribution in [0.15, 0.2) is 41.6 Å². The lowest BCUT2D eigenvalue weighted by atomic mass is 10.3. The zero-order valence-electron chi connectivity index (χ0n) is 7.87. The largest absolute Gasteiger partial charge is 0.195 e. The minimum Gasteiger partial charge on any atom is -0.195 e. The summed E-state index contributed by atoms with van der Waals surface area (Å²) in [6.07, 6.45) is 7.14. The Hall–Kier alpha value is -0.980. The molecule has 0 aliphatic heterocycles. The summed E-state index contributed by atoms with van der Waals surface area (Å²) < 4.78 is 0. The van der Waals surface area contributed by atoms with Crippen molar-refractivity contribution in [3.63, 3.8) is 0 Å². The first kappa shape index (κ1) is 13.6. The molecule has 0 saturated heterocycles. The number of allylic oxidation sites excluding steroid dienone is 4. The maximum Gasteiger partial charge on any atom is 0.0736 e. The monoisotopic (exact) mass is 181 g/mol. The van der Waals surface area contributed by atoms with Gasteiger partial charge in [-0.15, -0.1) is 0 Å². The Morgan fingerprint density at radius 1 is 1.50 bits per heavy atom. The molecule has 2 heteroatoms. The lowest BCUT2D eigenvalue weighted by Crippen LogP contribution is -1.67. The van der Waals surface area contributed by atoms with Gasteiger partial charge < -0.3 is 0 Å². The van der Waals surface area contributed by atoms with Gasteiger partial charge in [0.05, 0.1) is 10.9 Å². The van der Waals surface area contributed by atoms with E-state index < -0.39 is 0 Å². The summed E-state index contributed by atoms with van der Waals surface area (Å²) in [5.41, 5.74) is 0.771. The summed E-state index contributed by atoms with van der Waals surface area (Å²) >= 11 is 4.43. The molecule has 0 unspecified atom stereocenters. The van der Waals surface area contributed by atoms with Gasteiger partial charge in [-0.3, -0.25) is 0 Å². The molecule has 0 amide bonds. The van der Waals surface area contributed by atoms with Crippen LogP contribution in [0, 0.1) is 0 Å². The van der Waals surface area contributed by atoms with Crippen molar-refractivity contribution in [2.75, 3.05) is 0 Å². The molecule has 0 aliphatic carbocycles. The normalized spacial score (nSPS) is 9.75. The van der Waals surface area contributed by atoms with Crippen molar-refractivity contribution < 1.29 is 0 Å². The average Bonchev–Trinajstić information content (AvgIpc) is 2.10. The Morgan fingerprint density at radius 3 is 2.42 bits per heavy atom. The predicted molar refractivity (Wildman–Crippen MR) is 59.5 cm³/mol. The van der Waals surface area contributed by atoms with E-state index in [0.717, 1.165) is 5.70 Å². The smallest absolute Gasteiger partial charge is 0.0736 e. The van der Waals surface area contributed by atoms with Crippen LogP contribution in [0.25, 0.3) is 0 Å². The third kappa shape index (κ3) is 9.02. The van der Waals surface area contributed by atoms with E-state index in [1.54, 1.807) is 12.2 Å². The number of nitrogens with zero attached hydrogens (tertiary/aromatic N) is 1. The summed E-state index contributed by atoms with van der Waals surface area (Å²) in [4.78, 5) is 3.77.